The van der Waals surface area contributed by atoms with Gasteiger partial charge in [0.05, 0.1) is 34.7 Å². The van der Waals surface area contributed by atoms with Gasteiger partial charge in [0.1, 0.15) is 5.75 Å². The number of benzene rings is 1. The van der Waals surface area contributed by atoms with E-state index in [4.69, 9.17) is 15.2 Å². The fourth-order valence-corrected chi connectivity index (χ4v) is 3.14. The van der Waals surface area contributed by atoms with Crippen molar-refractivity contribution in [3.05, 3.63) is 18.2 Å². The topological polar surface area (TPSA) is 61.5 Å². The molecule has 0 radical (unpaired) electrons. The number of anilines is 1. The molecule has 1 heterocycles. The van der Waals surface area contributed by atoms with E-state index in [1.165, 1.54) is 0 Å². The molecule has 5 heteroatoms. The molecule has 16 heavy (non-hydrogen) atoms. The van der Waals surface area contributed by atoms with Crippen LogP contribution in [0.25, 0.3) is 0 Å². The Morgan fingerprint density at radius 2 is 2.38 bits per heavy atom. The van der Waals surface area contributed by atoms with E-state index in [0.717, 1.165) is 6.42 Å². The van der Waals surface area contributed by atoms with Gasteiger partial charge in [-0.25, -0.2) is 0 Å². The molecular weight excluding hydrogens is 226 g/mol. The first kappa shape index (κ1) is 11.4. The van der Waals surface area contributed by atoms with Gasteiger partial charge >= 0.3 is 0 Å². The van der Waals surface area contributed by atoms with Crippen LogP contribution in [-0.2, 0) is 15.5 Å². The smallest absolute Gasteiger partial charge is 0.137 e. The summed E-state index contributed by atoms with van der Waals surface area (Å²) in [5.41, 5.74) is 6.26. The molecule has 2 atom stereocenters. The third-order valence-corrected chi connectivity index (χ3v) is 4.34. The van der Waals surface area contributed by atoms with Gasteiger partial charge in [0.2, 0.25) is 0 Å². The average Bonchev–Trinajstić information content (AvgIpc) is 2.81. The molecule has 0 aromatic heterocycles. The lowest BCUT2D eigenvalue weighted by molar-refractivity contribution is 0.199. The first-order valence-electron chi connectivity index (χ1n) is 5.14. The van der Waals surface area contributed by atoms with Gasteiger partial charge in [-0.05, 0) is 18.6 Å². The molecule has 4 nitrogen and oxygen atoms in total. The number of hydrogen-bond donors (Lipinski definition) is 1. The second kappa shape index (κ2) is 4.84. The Morgan fingerprint density at radius 1 is 1.56 bits per heavy atom. The molecule has 0 spiro atoms. The largest absolute Gasteiger partial charge is 0.495 e. The zero-order valence-electron chi connectivity index (χ0n) is 9.14. The highest BCUT2D eigenvalue weighted by molar-refractivity contribution is 7.85. The molecule has 2 N–H and O–H groups in total. The second-order valence-corrected chi connectivity index (χ2v) is 5.39. The maximum atomic E-state index is 12.2. The highest BCUT2D eigenvalue weighted by Crippen LogP contribution is 2.28. The molecule has 1 aliphatic rings. The molecule has 0 saturated carbocycles. The number of nitrogens with two attached hydrogens (primary N) is 1. The van der Waals surface area contributed by atoms with E-state index in [1.807, 2.05) is 0 Å². The quantitative estimate of drug-likeness (QED) is 0.807. The highest BCUT2D eigenvalue weighted by atomic mass is 32.2. The van der Waals surface area contributed by atoms with Crippen molar-refractivity contribution >= 4 is 16.5 Å². The van der Waals surface area contributed by atoms with E-state index >= 15 is 0 Å². The molecule has 2 rings (SSSR count). The van der Waals surface area contributed by atoms with Crippen molar-refractivity contribution in [3.63, 3.8) is 0 Å². The Balaban J connectivity index is 2.28. The fourth-order valence-electron chi connectivity index (χ4n) is 1.71. The number of hydrogen-bond acceptors (Lipinski definition) is 4. The lowest BCUT2D eigenvalue weighted by Crippen LogP contribution is -2.15. The Bertz CT molecular complexity index is 402. The van der Waals surface area contributed by atoms with Crippen LogP contribution in [0.1, 0.15) is 6.42 Å². The van der Waals surface area contributed by atoms with Crippen LogP contribution in [0.15, 0.2) is 23.1 Å². The minimum absolute atomic E-state index is 0.0672. The van der Waals surface area contributed by atoms with Gasteiger partial charge in [-0.15, -0.1) is 0 Å². The zero-order chi connectivity index (χ0) is 11.5. The van der Waals surface area contributed by atoms with Crippen LogP contribution in [0, 0.1) is 0 Å². The summed E-state index contributed by atoms with van der Waals surface area (Å²) in [6.07, 6.45) is 0.833. The normalized spacial score (nSPS) is 21.9. The van der Waals surface area contributed by atoms with Crippen LogP contribution in [0.4, 0.5) is 5.69 Å². The number of rotatable bonds is 3. The lowest BCUT2D eigenvalue weighted by atomic mass is 10.3. The minimum Gasteiger partial charge on any atom is -0.495 e. The Hall–Kier alpha value is -1.07. The van der Waals surface area contributed by atoms with Crippen molar-refractivity contribution in [1.82, 2.24) is 0 Å². The minimum atomic E-state index is -1.08. The maximum absolute atomic E-state index is 12.2. The third kappa shape index (κ3) is 2.20. The van der Waals surface area contributed by atoms with Gasteiger partial charge in [-0.1, -0.05) is 0 Å². The molecule has 1 aliphatic heterocycles. The van der Waals surface area contributed by atoms with E-state index in [-0.39, 0.29) is 5.25 Å². The maximum Gasteiger partial charge on any atom is 0.137 e. The predicted octanol–water partition coefficient (Wildman–Crippen LogP) is 1.17. The van der Waals surface area contributed by atoms with Gasteiger partial charge in [0, 0.05) is 18.4 Å². The van der Waals surface area contributed by atoms with E-state index < -0.39 is 10.8 Å². The number of methoxy groups -OCH3 is 1. The summed E-state index contributed by atoms with van der Waals surface area (Å²) in [6, 6.07) is 5.21. The Labute approximate surface area is 97.2 Å². The Kier molecular flexibility index (Phi) is 3.46. The third-order valence-electron chi connectivity index (χ3n) is 2.60. The van der Waals surface area contributed by atoms with Gasteiger partial charge in [-0.2, -0.15) is 0 Å². The van der Waals surface area contributed by atoms with Gasteiger partial charge < -0.3 is 15.2 Å². The predicted molar refractivity (Wildman–Crippen MR) is 63.0 cm³/mol. The first-order chi connectivity index (χ1) is 7.72. The van der Waals surface area contributed by atoms with Gasteiger partial charge in [0.15, 0.2) is 0 Å². The van der Waals surface area contributed by atoms with Crippen LogP contribution in [0.3, 0.4) is 0 Å². The molecule has 0 aliphatic carbocycles. The summed E-state index contributed by atoms with van der Waals surface area (Å²) in [5.74, 6) is 0.588. The summed E-state index contributed by atoms with van der Waals surface area (Å²) < 4.78 is 22.7. The molecule has 2 unspecified atom stereocenters. The molecule has 1 fully saturated rings. The lowest BCUT2D eigenvalue weighted by Gasteiger charge is -2.12. The molecule has 0 amide bonds. The summed E-state index contributed by atoms with van der Waals surface area (Å²) in [4.78, 5) is 0.701. The van der Waals surface area contributed by atoms with Crippen molar-refractivity contribution in [2.24, 2.45) is 0 Å². The fraction of sp³-hybridized carbons (Fsp3) is 0.455. The average molecular weight is 241 g/mol. The van der Waals surface area contributed by atoms with Crippen LogP contribution in [-0.4, -0.2) is 29.8 Å². The first-order valence-corrected chi connectivity index (χ1v) is 6.35. The zero-order valence-corrected chi connectivity index (χ0v) is 9.96. The summed E-state index contributed by atoms with van der Waals surface area (Å²) in [5, 5.41) is 0.0672. The molecule has 1 saturated heterocycles. The summed E-state index contributed by atoms with van der Waals surface area (Å²) in [7, 11) is 0.472. The van der Waals surface area contributed by atoms with Crippen molar-refractivity contribution in [2.75, 3.05) is 26.1 Å². The summed E-state index contributed by atoms with van der Waals surface area (Å²) in [6.45, 7) is 1.24. The SMILES string of the molecule is COc1cc(N)ccc1S(=O)C1CCOC1. The van der Waals surface area contributed by atoms with E-state index in [0.29, 0.717) is 29.5 Å². The monoisotopic (exact) mass is 241 g/mol. The van der Waals surface area contributed by atoms with E-state index in [1.54, 1.807) is 25.3 Å². The van der Waals surface area contributed by atoms with Crippen LogP contribution >= 0.6 is 0 Å². The molecular formula is C11H15NO3S. The van der Waals surface area contributed by atoms with Crippen molar-refractivity contribution in [2.45, 2.75) is 16.6 Å². The van der Waals surface area contributed by atoms with Crippen LogP contribution < -0.4 is 10.5 Å². The van der Waals surface area contributed by atoms with Crippen molar-refractivity contribution < 1.29 is 13.7 Å². The standard InChI is InChI=1S/C11H15NO3S/c1-14-10-6-8(12)2-3-11(10)16(13)9-4-5-15-7-9/h2-3,6,9H,4-5,7,12H2,1H3. The highest BCUT2D eigenvalue weighted by Gasteiger charge is 2.25. The summed E-state index contributed by atoms with van der Waals surface area (Å²) >= 11 is 0. The molecule has 1 aromatic carbocycles. The van der Waals surface area contributed by atoms with Gasteiger partial charge in [0.25, 0.3) is 0 Å². The number of ether oxygens (including phenoxy) is 2. The van der Waals surface area contributed by atoms with Crippen molar-refractivity contribution in [1.29, 1.82) is 0 Å². The van der Waals surface area contributed by atoms with E-state index in [9.17, 15) is 4.21 Å². The molecule has 88 valence electrons. The molecule has 0 bridgehead atoms. The van der Waals surface area contributed by atoms with Crippen molar-refractivity contribution in [3.8, 4) is 5.75 Å². The van der Waals surface area contributed by atoms with Gasteiger partial charge in [-0.3, -0.25) is 4.21 Å². The second-order valence-electron chi connectivity index (χ2n) is 3.69. The molecule has 1 aromatic rings. The van der Waals surface area contributed by atoms with E-state index in [2.05, 4.69) is 0 Å². The van der Waals surface area contributed by atoms with Crippen LogP contribution in [0.5, 0.6) is 5.75 Å². The van der Waals surface area contributed by atoms with Crippen LogP contribution in [0.2, 0.25) is 0 Å². The Morgan fingerprint density at radius 3 is 3.00 bits per heavy atom. The number of nitrogen functional groups attached to an aromatic ring is 1.